The lowest BCUT2D eigenvalue weighted by molar-refractivity contribution is 1.39. The number of hydrogen-bond donors (Lipinski definition) is 0. The monoisotopic (exact) mass is 120 g/mol. The average Bonchev–Trinajstić information content (AvgIpc) is 1.89. The molecule has 0 nitrogen and oxygen atoms in total. The molecule has 0 heteroatoms. The molecule has 0 aliphatic carbocycles. The molecule has 0 aliphatic rings. The molecule has 0 saturated carbocycles. The van der Waals surface area contributed by atoms with Crippen molar-refractivity contribution < 1.29 is 0 Å². The third kappa shape index (κ3) is 6.96. The number of allylic oxidation sites excluding steroid dienone is 6. The molecule has 0 saturated heterocycles. The molecule has 0 bridgehead atoms. The Morgan fingerprint density at radius 1 is 0.889 bits per heavy atom. The molecule has 0 aromatic rings. The van der Waals surface area contributed by atoms with Gasteiger partial charge in [0.1, 0.15) is 0 Å². The van der Waals surface area contributed by atoms with E-state index in [2.05, 4.69) is 13.2 Å². The molecule has 0 amide bonds. The molecule has 0 heterocycles. The van der Waals surface area contributed by atoms with Gasteiger partial charge in [-0.25, -0.2) is 0 Å². The Labute approximate surface area is 56.9 Å². The predicted octanol–water partition coefficient (Wildman–Crippen LogP) is 2.86. The van der Waals surface area contributed by atoms with Crippen LogP contribution in [0.25, 0.3) is 0 Å². The fourth-order valence-electron chi connectivity index (χ4n) is 0.428. The van der Waals surface area contributed by atoms with Gasteiger partial charge in [0.25, 0.3) is 0 Å². The first-order valence-electron chi connectivity index (χ1n) is 2.97. The van der Waals surface area contributed by atoms with E-state index in [1.807, 2.05) is 24.3 Å². The second-order valence-corrected chi connectivity index (χ2v) is 1.56. The van der Waals surface area contributed by atoms with Crippen molar-refractivity contribution in [2.24, 2.45) is 0 Å². The van der Waals surface area contributed by atoms with E-state index >= 15 is 0 Å². The molecule has 0 aromatic carbocycles. The van der Waals surface area contributed by atoms with Gasteiger partial charge >= 0.3 is 0 Å². The van der Waals surface area contributed by atoms with Gasteiger partial charge in [-0.3, -0.25) is 0 Å². The molecule has 0 N–H and O–H groups in total. The Hall–Kier alpha value is -1.04. The minimum atomic E-state index is 0.956. The van der Waals surface area contributed by atoms with Crippen molar-refractivity contribution >= 4 is 0 Å². The van der Waals surface area contributed by atoms with Crippen LogP contribution in [0.15, 0.2) is 49.6 Å². The predicted molar refractivity (Wildman–Crippen MR) is 43.3 cm³/mol. The molecule has 0 atom stereocenters. The first kappa shape index (κ1) is 7.96. The largest absolute Gasteiger partial charge is 0.0991 e. The van der Waals surface area contributed by atoms with Crippen LogP contribution in [0.4, 0.5) is 0 Å². The van der Waals surface area contributed by atoms with E-state index in [1.54, 1.807) is 12.2 Å². The Morgan fingerprint density at radius 2 is 1.33 bits per heavy atom. The maximum absolute atomic E-state index is 3.55. The Kier molecular flexibility index (Phi) is 6.16. The number of hydrogen-bond acceptors (Lipinski definition) is 0. The van der Waals surface area contributed by atoms with Gasteiger partial charge in [-0.15, -0.1) is 0 Å². The molecule has 48 valence electrons. The minimum absolute atomic E-state index is 0.956. The summed E-state index contributed by atoms with van der Waals surface area (Å²) in [5, 5.41) is 0. The van der Waals surface area contributed by atoms with E-state index in [4.69, 9.17) is 0 Å². The molecule has 0 spiro atoms. The summed E-state index contributed by atoms with van der Waals surface area (Å²) < 4.78 is 0. The summed E-state index contributed by atoms with van der Waals surface area (Å²) in [6.07, 6.45) is 12.4. The van der Waals surface area contributed by atoms with E-state index in [-0.39, 0.29) is 0 Å². The lowest BCUT2D eigenvalue weighted by Gasteiger charge is -1.75. The van der Waals surface area contributed by atoms with E-state index in [0.29, 0.717) is 0 Å². The van der Waals surface area contributed by atoms with Gasteiger partial charge in [-0.05, 0) is 6.42 Å². The van der Waals surface area contributed by atoms with Gasteiger partial charge in [-0.2, -0.15) is 0 Å². The third-order valence-corrected chi connectivity index (χ3v) is 0.816. The van der Waals surface area contributed by atoms with Crippen molar-refractivity contribution in [3.8, 4) is 0 Å². The van der Waals surface area contributed by atoms with Gasteiger partial charge in [0.15, 0.2) is 0 Å². The Balaban J connectivity index is 3.27. The van der Waals surface area contributed by atoms with E-state index in [9.17, 15) is 0 Å². The summed E-state index contributed by atoms with van der Waals surface area (Å²) in [6.45, 7) is 7.09. The standard InChI is InChI=1S/C9H12/c1-3-5-7-9-8-6-4-2/h3-8H,1-2,9H2/b7-5+,8-6+. The smallest absolute Gasteiger partial charge is 0.0163 e. The molecule has 0 unspecified atom stereocenters. The first-order chi connectivity index (χ1) is 4.41. The highest BCUT2D eigenvalue weighted by atomic mass is 13.7. The second kappa shape index (κ2) is 6.96. The zero-order valence-corrected chi connectivity index (χ0v) is 5.59. The SMILES string of the molecule is C=C/C=C/C/C=C/C=C. The maximum Gasteiger partial charge on any atom is -0.0163 e. The van der Waals surface area contributed by atoms with E-state index < -0.39 is 0 Å². The molecular weight excluding hydrogens is 108 g/mol. The summed E-state index contributed by atoms with van der Waals surface area (Å²) >= 11 is 0. The lowest BCUT2D eigenvalue weighted by atomic mass is 10.3. The first-order valence-corrected chi connectivity index (χ1v) is 2.97. The summed E-state index contributed by atoms with van der Waals surface area (Å²) in [5.41, 5.74) is 0. The molecule has 0 rings (SSSR count). The van der Waals surface area contributed by atoms with Crippen molar-refractivity contribution in [2.45, 2.75) is 6.42 Å². The lowest BCUT2D eigenvalue weighted by Crippen LogP contribution is -1.54. The molecular formula is C9H12. The van der Waals surface area contributed by atoms with Crippen LogP contribution in [0.1, 0.15) is 6.42 Å². The fraction of sp³-hybridized carbons (Fsp3) is 0.111. The van der Waals surface area contributed by atoms with Crippen LogP contribution in [0.2, 0.25) is 0 Å². The highest BCUT2D eigenvalue weighted by Gasteiger charge is 1.64. The van der Waals surface area contributed by atoms with Gasteiger partial charge in [0.2, 0.25) is 0 Å². The van der Waals surface area contributed by atoms with E-state index in [1.165, 1.54) is 0 Å². The fourth-order valence-corrected chi connectivity index (χ4v) is 0.428. The zero-order valence-electron chi connectivity index (χ0n) is 5.59. The summed E-state index contributed by atoms with van der Waals surface area (Å²) in [7, 11) is 0. The minimum Gasteiger partial charge on any atom is -0.0991 e. The molecule has 9 heavy (non-hydrogen) atoms. The highest BCUT2D eigenvalue weighted by Crippen LogP contribution is 1.85. The quantitative estimate of drug-likeness (QED) is 0.500. The molecule has 0 fully saturated rings. The van der Waals surface area contributed by atoms with Crippen LogP contribution in [0, 0.1) is 0 Å². The maximum atomic E-state index is 3.55. The van der Waals surface area contributed by atoms with Crippen molar-refractivity contribution in [3.63, 3.8) is 0 Å². The van der Waals surface area contributed by atoms with Crippen molar-refractivity contribution in [2.75, 3.05) is 0 Å². The summed E-state index contributed by atoms with van der Waals surface area (Å²) in [4.78, 5) is 0. The molecule has 0 radical (unpaired) electrons. The Bertz CT molecular complexity index is 111. The normalized spacial score (nSPS) is 10.7. The van der Waals surface area contributed by atoms with Gasteiger partial charge in [0, 0.05) is 0 Å². The van der Waals surface area contributed by atoms with Crippen molar-refractivity contribution in [1.29, 1.82) is 0 Å². The third-order valence-electron chi connectivity index (χ3n) is 0.816. The summed E-state index contributed by atoms with van der Waals surface area (Å²) in [6, 6.07) is 0. The van der Waals surface area contributed by atoms with Gasteiger partial charge in [-0.1, -0.05) is 49.6 Å². The zero-order chi connectivity index (χ0) is 6.95. The van der Waals surface area contributed by atoms with Crippen molar-refractivity contribution in [1.82, 2.24) is 0 Å². The Morgan fingerprint density at radius 3 is 1.67 bits per heavy atom. The van der Waals surface area contributed by atoms with Crippen LogP contribution in [-0.4, -0.2) is 0 Å². The van der Waals surface area contributed by atoms with Crippen LogP contribution < -0.4 is 0 Å². The van der Waals surface area contributed by atoms with Gasteiger partial charge < -0.3 is 0 Å². The number of rotatable bonds is 4. The van der Waals surface area contributed by atoms with Crippen LogP contribution >= 0.6 is 0 Å². The van der Waals surface area contributed by atoms with Crippen LogP contribution in [-0.2, 0) is 0 Å². The second-order valence-electron chi connectivity index (χ2n) is 1.56. The summed E-state index contributed by atoms with van der Waals surface area (Å²) in [5.74, 6) is 0. The molecule has 0 aromatic heterocycles. The van der Waals surface area contributed by atoms with Crippen molar-refractivity contribution in [3.05, 3.63) is 49.6 Å². The topological polar surface area (TPSA) is 0 Å². The van der Waals surface area contributed by atoms with E-state index in [0.717, 1.165) is 6.42 Å². The van der Waals surface area contributed by atoms with Crippen LogP contribution in [0.3, 0.4) is 0 Å². The highest BCUT2D eigenvalue weighted by molar-refractivity contribution is 5.04. The van der Waals surface area contributed by atoms with Gasteiger partial charge in [0.05, 0.1) is 0 Å². The van der Waals surface area contributed by atoms with Crippen LogP contribution in [0.5, 0.6) is 0 Å². The average molecular weight is 120 g/mol. The molecule has 0 aliphatic heterocycles.